The van der Waals surface area contributed by atoms with Crippen molar-refractivity contribution in [1.29, 1.82) is 0 Å². The van der Waals surface area contributed by atoms with Gasteiger partial charge >= 0.3 is 0 Å². The molecule has 0 saturated heterocycles. The summed E-state index contributed by atoms with van der Waals surface area (Å²) < 4.78 is -2.22. The van der Waals surface area contributed by atoms with Crippen molar-refractivity contribution in [2.75, 3.05) is 0 Å². The summed E-state index contributed by atoms with van der Waals surface area (Å²) >= 11 is 21.8. The molecule has 6 heteroatoms. The van der Waals surface area contributed by atoms with Crippen molar-refractivity contribution in [1.82, 2.24) is 0 Å². The molecule has 0 bridgehead atoms. The summed E-state index contributed by atoms with van der Waals surface area (Å²) in [4.78, 5) is 0. The molecule has 0 unspecified atom stereocenters. The Labute approximate surface area is 101 Å². The van der Waals surface area contributed by atoms with Crippen LogP contribution in [0.15, 0.2) is 24.3 Å². The van der Waals surface area contributed by atoms with Crippen LogP contribution in [0.5, 0.6) is 0 Å². The highest BCUT2D eigenvalue weighted by Crippen LogP contribution is 2.42. The first kappa shape index (κ1) is 12.4. The molecule has 14 heavy (non-hydrogen) atoms. The molecular formula is C8H6Cl4O2. The monoisotopic (exact) mass is 274 g/mol. The molecule has 0 aliphatic heterocycles. The van der Waals surface area contributed by atoms with Crippen molar-refractivity contribution in [3.05, 3.63) is 34.9 Å². The van der Waals surface area contributed by atoms with Gasteiger partial charge in [-0.1, -0.05) is 58.5 Å². The highest BCUT2D eigenvalue weighted by Gasteiger charge is 2.47. The number of hydrogen-bond donors (Lipinski definition) is 2. The Morgan fingerprint density at radius 1 is 0.929 bits per heavy atom. The Balaban J connectivity index is 3.10. The first-order valence-corrected chi connectivity index (χ1v) is 5.04. The zero-order chi connectivity index (χ0) is 11.0. The Kier molecular flexibility index (Phi) is 3.58. The van der Waals surface area contributed by atoms with Gasteiger partial charge < -0.3 is 10.2 Å². The van der Waals surface area contributed by atoms with Crippen molar-refractivity contribution >= 4 is 46.4 Å². The SMILES string of the molecule is OC(O)(c1ccc(Cl)cc1)C(Cl)(Cl)Cl. The standard InChI is InChI=1S/C8H6Cl4O2/c9-6-3-1-5(2-4-6)7(13,14)8(10,11)12/h1-4,13-14H. The molecule has 1 aromatic rings. The highest BCUT2D eigenvalue weighted by molar-refractivity contribution is 6.68. The Morgan fingerprint density at radius 2 is 1.36 bits per heavy atom. The van der Waals surface area contributed by atoms with Crippen LogP contribution in [0.2, 0.25) is 5.02 Å². The number of aliphatic hydroxyl groups is 2. The van der Waals surface area contributed by atoms with Crippen LogP contribution in [-0.4, -0.2) is 14.0 Å². The van der Waals surface area contributed by atoms with E-state index in [0.717, 1.165) is 0 Å². The van der Waals surface area contributed by atoms with Crippen LogP contribution < -0.4 is 0 Å². The second-order valence-corrected chi connectivity index (χ2v) is 5.39. The van der Waals surface area contributed by atoms with Crippen LogP contribution >= 0.6 is 46.4 Å². The predicted molar refractivity (Wildman–Crippen MR) is 57.9 cm³/mol. The second-order valence-electron chi connectivity index (χ2n) is 2.68. The van der Waals surface area contributed by atoms with Gasteiger partial charge in [-0.15, -0.1) is 0 Å². The van der Waals surface area contributed by atoms with E-state index in [2.05, 4.69) is 0 Å². The summed E-state index contributed by atoms with van der Waals surface area (Å²) in [6, 6.07) is 5.66. The van der Waals surface area contributed by atoms with Crippen molar-refractivity contribution in [3.8, 4) is 0 Å². The minimum Gasteiger partial charge on any atom is -0.359 e. The number of rotatable bonds is 1. The molecule has 0 saturated carbocycles. The van der Waals surface area contributed by atoms with Gasteiger partial charge in [0.1, 0.15) is 0 Å². The number of alkyl halides is 3. The van der Waals surface area contributed by atoms with Crippen LogP contribution in [0.4, 0.5) is 0 Å². The largest absolute Gasteiger partial charge is 0.359 e. The fourth-order valence-electron chi connectivity index (χ4n) is 0.846. The summed E-state index contributed by atoms with van der Waals surface area (Å²) in [7, 11) is 0. The molecule has 1 aromatic carbocycles. The average molecular weight is 276 g/mol. The van der Waals surface area contributed by atoms with Gasteiger partial charge in [-0.05, 0) is 12.1 Å². The maximum absolute atomic E-state index is 9.53. The van der Waals surface area contributed by atoms with Crippen molar-refractivity contribution in [2.45, 2.75) is 9.58 Å². The fraction of sp³-hybridized carbons (Fsp3) is 0.250. The molecule has 78 valence electrons. The van der Waals surface area contributed by atoms with Gasteiger partial charge in [0.2, 0.25) is 9.58 Å². The summed E-state index contributed by atoms with van der Waals surface area (Å²) in [6.45, 7) is 0. The number of benzene rings is 1. The van der Waals surface area contributed by atoms with Gasteiger partial charge in [0.25, 0.3) is 0 Å². The Hall–Kier alpha value is 0.300. The summed E-state index contributed by atoms with van der Waals surface area (Å²) in [5.41, 5.74) is 0.0573. The van der Waals surface area contributed by atoms with Crippen LogP contribution in [0.25, 0.3) is 0 Å². The van der Waals surface area contributed by atoms with E-state index in [4.69, 9.17) is 46.4 Å². The normalized spacial score (nSPS) is 13.0. The molecule has 1 rings (SSSR count). The lowest BCUT2D eigenvalue weighted by molar-refractivity contribution is -0.165. The lowest BCUT2D eigenvalue weighted by Gasteiger charge is -2.29. The Bertz CT molecular complexity index is 315. The van der Waals surface area contributed by atoms with Crippen molar-refractivity contribution in [3.63, 3.8) is 0 Å². The van der Waals surface area contributed by atoms with E-state index >= 15 is 0 Å². The summed E-state index contributed by atoms with van der Waals surface area (Å²) in [5.74, 6) is -2.54. The molecule has 0 fully saturated rings. The fourth-order valence-corrected chi connectivity index (χ4v) is 1.30. The minimum absolute atomic E-state index is 0.0573. The molecule has 0 spiro atoms. The van der Waals surface area contributed by atoms with Crippen LogP contribution in [-0.2, 0) is 5.79 Å². The molecule has 0 aromatic heterocycles. The number of hydrogen-bond acceptors (Lipinski definition) is 2. The molecule has 0 heterocycles. The number of halogens is 4. The molecule has 0 radical (unpaired) electrons. The predicted octanol–water partition coefficient (Wildman–Crippen LogP) is 2.85. The van der Waals surface area contributed by atoms with E-state index in [1.54, 1.807) is 0 Å². The lowest BCUT2D eigenvalue weighted by atomic mass is 10.1. The zero-order valence-corrected chi connectivity index (χ0v) is 9.74. The molecule has 0 atom stereocenters. The average Bonchev–Trinajstić information content (AvgIpc) is 2.03. The van der Waals surface area contributed by atoms with Crippen molar-refractivity contribution < 1.29 is 10.2 Å². The third kappa shape index (κ3) is 2.45. The first-order chi connectivity index (χ1) is 6.25. The second kappa shape index (κ2) is 4.05. The molecule has 2 N–H and O–H groups in total. The summed E-state index contributed by atoms with van der Waals surface area (Å²) in [6.07, 6.45) is 0. The quantitative estimate of drug-likeness (QED) is 0.611. The first-order valence-electron chi connectivity index (χ1n) is 3.52. The van der Waals surface area contributed by atoms with Gasteiger partial charge in [0.15, 0.2) is 0 Å². The molecule has 2 nitrogen and oxygen atoms in total. The maximum atomic E-state index is 9.53. The molecule has 0 amide bonds. The van der Waals surface area contributed by atoms with Gasteiger partial charge in [0, 0.05) is 10.6 Å². The minimum atomic E-state index is -2.54. The van der Waals surface area contributed by atoms with Crippen LogP contribution in [0.3, 0.4) is 0 Å². The van der Waals surface area contributed by atoms with E-state index in [1.807, 2.05) is 0 Å². The third-order valence-corrected chi connectivity index (χ3v) is 2.68. The lowest BCUT2D eigenvalue weighted by Crippen LogP contribution is -2.39. The maximum Gasteiger partial charge on any atom is 0.248 e. The van der Waals surface area contributed by atoms with E-state index in [0.29, 0.717) is 5.02 Å². The van der Waals surface area contributed by atoms with Gasteiger partial charge in [-0.3, -0.25) is 0 Å². The van der Waals surface area contributed by atoms with E-state index in [-0.39, 0.29) is 5.56 Å². The topological polar surface area (TPSA) is 40.5 Å². The zero-order valence-electron chi connectivity index (χ0n) is 6.72. The molecular weight excluding hydrogens is 270 g/mol. The highest BCUT2D eigenvalue weighted by atomic mass is 35.6. The van der Waals surface area contributed by atoms with Gasteiger partial charge in [-0.25, -0.2) is 0 Å². The molecule has 0 aliphatic carbocycles. The van der Waals surface area contributed by atoms with Crippen LogP contribution in [0, 0.1) is 0 Å². The van der Waals surface area contributed by atoms with Crippen molar-refractivity contribution in [2.24, 2.45) is 0 Å². The van der Waals surface area contributed by atoms with E-state index < -0.39 is 9.58 Å². The van der Waals surface area contributed by atoms with Crippen LogP contribution in [0.1, 0.15) is 5.56 Å². The third-order valence-electron chi connectivity index (χ3n) is 1.64. The van der Waals surface area contributed by atoms with Gasteiger partial charge in [-0.2, -0.15) is 0 Å². The molecule has 0 aliphatic rings. The van der Waals surface area contributed by atoms with E-state index in [9.17, 15) is 10.2 Å². The van der Waals surface area contributed by atoms with Gasteiger partial charge in [0.05, 0.1) is 0 Å². The Morgan fingerprint density at radius 3 is 1.71 bits per heavy atom. The summed E-state index contributed by atoms with van der Waals surface area (Å²) in [5, 5.41) is 19.5. The van der Waals surface area contributed by atoms with E-state index in [1.165, 1.54) is 24.3 Å². The smallest absolute Gasteiger partial charge is 0.248 e.